The van der Waals surface area contributed by atoms with Crippen molar-refractivity contribution in [3.8, 4) is 0 Å². The highest BCUT2D eigenvalue weighted by Gasteiger charge is 2.17. The number of hydrogen-bond donors (Lipinski definition) is 2. The van der Waals surface area contributed by atoms with Gasteiger partial charge in [0.1, 0.15) is 0 Å². The van der Waals surface area contributed by atoms with Crippen LogP contribution in [0, 0.1) is 0 Å². The van der Waals surface area contributed by atoms with E-state index in [4.69, 9.17) is 11.6 Å². The fourth-order valence-electron chi connectivity index (χ4n) is 3.65. The average molecular weight is 470 g/mol. The largest absolute Gasteiger partial charge is 0.372 e. The number of benzene rings is 3. The molecule has 0 bridgehead atoms. The molecule has 0 unspecified atom stereocenters. The predicted molar refractivity (Wildman–Crippen MR) is 128 cm³/mol. The summed E-state index contributed by atoms with van der Waals surface area (Å²) in [5.74, 6) is -0.376. The van der Waals surface area contributed by atoms with Crippen LogP contribution >= 0.6 is 11.6 Å². The van der Waals surface area contributed by atoms with E-state index in [0.717, 1.165) is 18.7 Å². The zero-order chi connectivity index (χ0) is 22.6. The van der Waals surface area contributed by atoms with Crippen molar-refractivity contribution < 1.29 is 13.2 Å². The first-order chi connectivity index (χ1) is 15.4. The van der Waals surface area contributed by atoms with Crippen LogP contribution in [0.4, 0.5) is 11.4 Å². The Balaban J connectivity index is 1.42. The van der Waals surface area contributed by atoms with E-state index in [-0.39, 0.29) is 27.1 Å². The molecular weight excluding hydrogens is 446 g/mol. The standard InChI is InChI=1S/C24H24ClN3O3S/c25-23-13-10-19(27-32(30,31)21-6-2-1-3-7-21)16-22(23)24(29)26-17-18-8-11-20(12-9-18)28-14-4-5-15-28/h1-3,6-13,16,27H,4-5,14-15,17H2,(H,26,29). The molecule has 3 aromatic carbocycles. The topological polar surface area (TPSA) is 78.5 Å². The van der Waals surface area contributed by atoms with Crippen molar-refractivity contribution in [2.24, 2.45) is 0 Å². The number of anilines is 2. The first-order valence-electron chi connectivity index (χ1n) is 10.4. The first kappa shape index (κ1) is 22.2. The van der Waals surface area contributed by atoms with Gasteiger partial charge < -0.3 is 10.2 Å². The summed E-state index contributed by atoms with van der Waals surface area (Å²) in [6.07, 6.45) is 2.44. The van der Waals surface area contributed by atoms with Gasteiger partial charge in [0.15, 0.2) is 0 Å². The second-order valence-electron chi connectivity index (χ2n) is 7.66. The van der Waals surface area contributed by atoms with Crippen LogP contribution < -0.4 is 14.9 Å². The Labute approximate surface area is 193 Å². The van der Waals surface area contributed by atoms with Crippen molar-refractivity contribution in [2.45, 2.75) is 24.3 Å². The molecule has 6 nitrogen and oxygen atoms in total. The molecule has 3 aromatic rings. The van der Waals surface area contributed by atoms with Crippen LogP contribution in [-0.4, -0.2) is 27.4 Å². The average Bonchev–Trinajstić information content (AvgIpc) is 3.34. The van der Waals surface area contributed by atoms with Gasteiger partial charge in [-0.1, -0.05) is 41.9 Å². The molecule has 1 aliphatic heterocycles. The Kier molecular flexibility index (Phi) is 6.67. The summed E-state index contributed by atoms with van der Waals surface area (Å²) in [6, 6.07) is 20.6. The van der Waals surface area contributed by atoms with Gasteiger partial charge in [0.2, 0.25) is 0 Å². The van der Waals surface area contributed by atoms with Crippen LogP contribution in [0.2, 0.25) is 5.02 Å². The van der Waals surface area contributed by atoms with Crippen molar-refractivity contribution in [3.63, 3.8) is 0 Å². The van der Waals surface area contributed by atoms with Crippen molar-refractivity contribution in [2.75, 3.05) is 22.7 Å². The van der Waals surface area contributed by atoms with Gasteiger partial charge >= 0.3 is 0 Å². The molecule has 2 N–H and O–H groups in total. The van der Waals surface area contributed by atoms with Crippen LogP contribution in [0.5, 0.6) is 0 Å². The summed E-state index contributed by atoms with van der Waals surface area (Å²) < 4.78 is 27.6. The molecule has 1 amide bonds. The van der Waals surface area contributed by atoms with Gasteiger partial charge in [0.05, 0.1) is 15.5 Å². The molecule has 0 aliphatic carbocycles. The fourth-order valence-corrected chi connectivity index (χ4v) is 4.93. The number of carbonyl (C=O) groups is 1. The smallest absolute Gasteiger partial charge is 0.261 e. The van der Waals surface area contributed by atoms with Gasteiger partial charge in [-0.15, -0.1) is 0 Å². The zero-order valence-corrected chi connectivity index (χ0v) is 19.0. The highest BCUT2D eigenvalue weighted by atomic mass is 35.5. The number of hydrogen-bond acceptors (Lipinski definition) is 4. The van der Waals surface area contributed by atoms with Gasteiger partial charge in [-0.2, -0.15) is 0 Å². The Morgan fingerprint density at radius 1 is 0.938 bits per heavy atom. The predicted octanol–water partition coefficient (Wildman–Crippen LogP) is 4.67. The van der Waals surface area contributed by atoms with E-state index in [9.17, 15) is 13.2 Å². The van der Waals surface area contributed by atoms with E-state index in [1.807, 2.05) is 12.1 Å². The summed E-state index contributed by atoms with van der Waals surface area (Å²) in [4.78, 5) is 15.2. The molecule has 32 heavy (non-hydrogen) atoms. The summed E-state index contributed by atoms with van der Waals surface area (Å²) in [7, 11) is -3.76. The molecule has 0 spiro atoms. The minimum atomic E-state index is -3.76. The number of amides is 1. The summed E-state index contributed by atoms with van der Waals surface area (Å²) in [5.41, 5.74) is 2.63. The third-order valence-corrected chi connectivity index (χ3v) is 7.10. The summed E-state index contributed by atoms with van der Waals surface area (Å²) in [5, 5.41) is 3.10. The minimum absolute atomic E-state index is 0.137. The quantitative estimate of drug-likeness (QED) is 0.527. The molecule has 0 saturated carbocycles. The molecule has 0 radical (unpaired) electrons. The van der Waals surface area contributed by atoms with Crippen molar-refractivity contribution >= 4 is 38.9 Å². The number of nitrogens with one attached hydrogen (secondary N) is 2. The third kappa shape index (κ3) is 5.23. The maximum Gasteiger partial charge on any atom is 0.261 e. The lowest BCUT2D eigenvalue weighted by atomic mass is 10.1. The highest BCUT2D eigenvalue weighted by Crippen LogP contribution is 2.24. The molecule has 166 valence electrons. The lowest BCUT2D eigenvalue weighted by Crippen LogP contribution is -2.23. The van der Waals surface area contributed by atoms with E-state index in [2.05, 4.69) is 27.1 Å². The zero-order valence-electron chi connectivity index (χ0n) is 17.4. The number of halogens is 1. The summed E-state index contributed by atoms with van der Waals surface area (Å²) in [6.45, 7) is 2.51. The molecule has 8 heteroatoms. The van der Waals surface area contributed by atoms with E-state index in [0.29, 0.717) is 6.54 Å². The van der Waals surface area contributed by atoms with E-state index in [1.165, 1.54) is 48.9 Å². The van der Waals surface area contributed by atoms with Gasteiger partial charge in [-0.25, -0.2) is 8.42 Å². The van der Waals surface area contributed by atoms with Crippen molar-refractivity contribution in [3.05, 3.63) is 88.9 Å². The lowest BCUT2D eigenvalue weighted by Gasteiger charge is -2.17. The number of nitrogens with zero attached hydrogens (tertiary/aromatic N) is 1. The van der Waals surface area contributed by atoms with Gasteiger partial charge in [-0.05, 0) is 60.9 Å². The number of sulfonamides is 1. The van der Waals surface area contributed by atoms with Crippen LogP contribution in [0.15, 0.2) is 77.7 Å². The van der Waals surface area contributed by atoms with Gasteiger partial charge in [-0.3, -0.25) is 9.52 Å². The molecule has 1 saturated heterocycles. The SMILES string of the molecule is O=C(NCc1ccc(N2CCCC2)cc1)c1cc(NS(=O)(=O)c2ccccc2)ccc1Cl. The lowest BCUT2D eigenvalue weighted by molar-refractivity contribution is 0.0951. The molecule has 1 heterocycles. The Bertz CT molecular complexity index is 1190. The number of rotatable bonds is 7. The molecular formula is C24H24ClN3O3S. The van der Waals surface area contributed by atoms with Crippen molar-refractivity contribution in [1.82, 2.24) is 5.32 Å². The maximum absolute atomic E-state index is 12.7. The molecule has 0 atom stereocenters. The van der Waals surface area contributed by atoms with Crippen LogP contribution in [0.1, 0.15) is 28.8 Å². The molecule has 4 rings (SSSR count). The monoisotopic (exact) mass is 469 g/mol. The normalized spacial score (nSPS) is 13.7. The van der Waals surface area contributed by atoms with E-state index >= 15 is 0 Å². The Morgan fingerprint density at radius 2 is 1.62 bits per heavy atom. The van der Waals surface area contributed by atoms with E-state index < -0.39 is 10.0 Å². The van der Waals surface area contributed by atoms with Crippen LogP contribution in [-0.2, 0) is 16.6 Å². The second-order valence-corrected chi connectivity index (χ2v) is 9.75. The minimum Gasteiger partial charge on any atom is -0.372 e. The Hall–Kier alpha value is -3.03. The van der Waals surface area contributed by atoms with Crippen LogP contribution in [0.25, 0.3) is 0 Å². The van der Waals surface area contributed by atoms with Gasteiger partial charge in [0, 0.05) is 31.0 Å². The van der Waals surface area contributed by atoms with Crippen molar-refractivity contribution in [1.29, 1.82) is 0 Å². The van der Waals surface area contributed by atoms with Gasteiger partial charge in [0.25, 0.3) is 15.9 Å². The summed E-state index contributed by atoms with van der Waals surface area (Å²) >= 11 is 6.21. The molecule has 1 fully saturated rings. The fraction of sp³-hybridized carbons (Fsp3) is 0.208. The number of carbonyl (C=O) groups excluding carboxylic acids is 1. The third-order valence-electron chi connectivity index (χ3n) is 5.38. The maximum atomic E-state index is 12.7. The van der Waals surface area contributed by atoms with Crippen LogP contribution in [0.3, 0.4) is 0 Å². The molecule has 0 aromatic heterocycles. The second kappa shape index (κ2) is 9.63. The molecule has 1 aliphatic rings. The Morgan fingerprint density at radius 3 is 2.31 bits per heavy atom. The van der Waals surface area contributed by atoms with E-state index in [1.54, 1.807) is 18.2 Å². The highest BCUT2D eigenvalue weighted by molar-refractivity contribution is 7.92. The first-order valence-corrected chi connectivity index (χ1v) is 12.3.